The monoisotopic (exact) mass is 374 g/mol. The minimum Gasteiger partial charge on any atom is -0.473 e. The lowest BCUT2D eigenvalue weighted by Gasteiger charge is -2.34. The SMILES string of the molecule is Fc1ccc(CN2CCN(Cc3ccccc3)CC2)cc1.O=C(O)C(=O)O. The molecule has 0 bridgehead atoms. The Kier molecular flexibility index (Phi) is 7.91. The molecule has 2 aromatic rings. The Morgan fingerprint density at radius 2 is 1.15 bits per heavy atom. The summed E-state index contributed by atoms with van der Waals surface area (Å²) in [6.45, 7) is 6.28. The van der Waals surface area contributed by atoms with E-state index < -0.39 is 11.9 Å². The maximum absolute atomic E-state index is 12.9. The van der Waals surface area contributed by atoms with Crippen molar-refractivity contribution in [3.8, 4) is 0 Å². The molecule has 3 rings (SSSR count). The molecule has 7 heteroatoms. The molecule has 0 atom stereocenters. The van der Waals surface area contributed by atoms with Crippen molar-refractivity contribution in [1.29, 1.82) is 0 Å². The molecular formula is C20H23FN2O4. The summed E-state index contributed by atoms with van der Waals surface area (Å²) in [5, 5.41) is 14.8. The Hall–Kier alpha value is -2.77. The molecule has 0 unspecified atom stereocenters. The summed E-state index contributed by atoms with van der Waals surface area (Å²) in [6, 6.07) is 17.5. The number of piperazine rings is 1. The van der Waals surface area contributed by atoms with Crippen molar-refractivity contribution in [2.45, 2.75) is 13.1 Å². The molecular weight excluding hydrogens is 351 g/mol. The van der Waals surface area contributed by atoms with Crippen LogP contribution in [0.2, 0.25) is 0 Å². The second-order valence-electron chi connectivity index (χ2n) is 6.27. The van der Waals surface area contributed by atoms with Gasteiger partial charge in [0.1, 0.15) is 5.82 Å². The molecule has 0 saturated carbocycles. The van der Waals surface area contributed by atoms with Crippen molar-refractivity contribution in [2.75, 3.05) is 26.2 Å². The van der Waals surface area contributed by atoms with Gasteiger partial charge in [0.25, 0.3) is 0 Å². The first-order valence-electron chi connectivity index (χ1n) is 8.63. The highest BCUT2D eigenvalue weighted by molar-refractivity contribution is 6.27. The fourth-order valence-corrected chi connectivity index (χ4v) is 2.80. The Labute approximate surface area is 157 Å². The number of hydrogen-bond donors (Lipinski definition) is 2. The summed E-state index contributed by atoms with van der Waals surface area (Å²) < 4.78 is 12.9. The summed E-state index contributed by atoms with van der Waals surface area (Å²) in [4.78, 5) is 23.1. The Morgan fingerprint density at radius 3 is 1.56 bits per heavy atom. The quantitative estimate of drug-likeness (QED) is 0.800. The average Bonchev–Trinajstić information content (AvgIpc) is 2.66. The summed E-state index contributed by atoms with van der Waals surface area (Å²) in [6.07, 6.45) is 0. The molecule has 2 N–H and O–H groups in total. The van der Waals surface area contributed by atoms with Crippen molar-refractivity contribution >= 4 is 11.9 Å². The number of rotatable bonds is 4. The van der Waals surface area contributed by atoms with Crippen LogP contribution in [0.15, 0.2) is 54.6 Å². The van der Waals surface area contributed by atoms with Crippen LogP contribution in [0.5, 0.6) is 0 Å². The maximum atomic E-state index is 12.9. The highest BCUT2D eigenvalue weighted by atomic mass is 19.1. The van der Waals surface area contributed by atoms with Gasteiger partial charge in [0.05, 0.1) is 0 Å². The molecule has 1 aliphatic rings. The van der Waals surface area contributed by atoms with E-state index in [1.165, 1.54) is 11.1 Å². The van der Waals surface area contributed by atoms with Gasteiger partial charge in [-0.15, -0.1) is 0 Å². The fourth-order valence-electron chi connectivity index (χ4n) is 2.80. The summed E-state index contributed by atoms with van der Waals surface area (Å²) in [7, 11) is 0. The Balaban J connectivity index is 0.000000380. The largest absolute Gasteiger partial charge is 0.473 e. The van der Waals surface area contributed by atoms with Gasteiger partial charge in [-0.05, 0) is 23.3 Å². The second kappa shape index (κ2) is 10.4. The number of carboxylic acids is 2. The minimum absolute atomic E-state index is 0.161. The van der Waals surface area contributed by atoms with Gasteiger partial charge in [0, 0.05) is 39.3 Å². The van der Waals surface area contributed by atoms with Crippen LogP contribution < -0.4 is 0 Å². The van der Waals surface area contributed by atoms with Crippen molar-refractivity contribution in [3.63, 3.8) is 0 Å². The molecule has 1 aliphatic heterocycles. The number of carboxylic acid groups (broad SMARTS) is 2. The lowest BCUT2D eigenvalue weighted by atomic mass is 10.1. The third-order valence-corrected chi connectivity index (χ3v) is 4.22. The van der Waals surface area contributed by atoms with Gasteiger partial charge < -0.3 is 10.2 Å². The highest BCUT2D eigenvalue weighted by Gasteiger charge is 2.16. The van der Waals surface area contributed by atoms with Gasteiger partial charge in [0.2, 0.25) is 0 Å². The number of hydrogen-bond acceptors (Lipinski definition) is 4. The maximum Gasteiger partial charge on any atom is 0.414 e. The third-order valence-electron chi connectivity index (χ3n) is 4.22. The van der Waals surface area contributed by atoms with Crippen LogP contribution in [0.4, 0.5) is 4.39 Å². The number of aliphatic carboxylic acids is 2. The molecule has 144 valence electrons. The molecule has 2 aromatic carbocycles. The van der Waals surface area contributed by atoms with Gasteiger partial charge in [0.15, 0.2) is 0 Å². The van der Waals surface area contributed by atoms with E-state index in [9.17, 15) is 4.39 Å². The van der Waals surface area contributed by atoms with E-state index >= 15 is 0 Å². The predicted octanol–water partition coefficient (Wildman–Crippen LogP) is 2.30. The molecule has 6 nitrogen and oxygen atoms in total. The smallest absolute Gasteiger partial charge is 0.414 e. The Bertz CT molecular complexity index is 717. The molecule has 0 aromatic heterocycles. The van der Waals surface area contributed by atoms with Crippen molar-refractivity contribution in [3.05, 3.63) is 71.5 Å². The zero-order chi connectivity index (χ0) is 19.6. The van der Waals surface area contributed by atoms with Crippen LogP contribution in [-0.2, 0) is 22.7 Å². The van der Waals surface area contributed by atoms with Crippen LogP contribution >= 0.6 is 0 Å². The minimum atomic E-state index is -1.82. The number of benzene rings is 2. The van der Waals surface area contributed by atoms with Gasteiger partial charge in [-0.2, -0.15) is 0 Å². The lowest BCUT2D eigenvalue weighted by molar-refractivity contribution is -0.159. The average molecular weight is 374 g/mol. The van der Waals surface area contributed by atoms with Crippen molar-refractivity contribution < 1.29 is 24.2 Å². The van der Waals surface area contributed by atoms with Crippen molar-refractivity contribution in [1.82, 2.24) is 9.80 Å². The normalized spacial score (nSPS) is 14.9. The van der Waals surface area contributed by atoms with Gasteiger partial charge in [-0.25, -0.2) is 14.0 Å². The first-order valence-corrected chi connectivity index (χ1v) is 8.63. The zero-order valence-corrected chi connectivity index (χ0v) is 14.9. The molecule has 1 fully saturated rings. The van der Waals surface area contributed by atoms with E-state index in [-0.39, 0.29) is 5.82 Å². The van der Waals surface area contributed by atoms with E-state index in [2.05, 4.69) is 40.1 Å². The predicted molar refractivity (Wildman–Crippen MR) is 98.7 cm³/mol. The molecule has 0 radical (unpaired) electrons. The summed E-state index contributed by atoms with van der Waals surface area (Å²) in [5.41, 5.74) is 2.57. The topological polar surface area (TPSA) is 81.1 Å². The first-order chi connectivity index (χ1) is 12.9. The highest BCUT2D eigenvalue weighted by Crippen LogP contribution is 2.12. The van der Waals surface area contributed by atoms with E-state index in [4.69, 9.17) is 19.8 Å². The molecule has 1 saturated heterocycles. The molecule has 27 heavy (non-hydrogen) atoms. The standard InChI is InChI=1S/C18H21FN2.C2H2O4/c19-18-8-6-17(7-9-18)15-21-12-10-20(11-13-21)14-16-4-2-1-3-5-16;3-1(4)2(5)6/h1-9H,10-15H2;(H,3,4)(H,5,6). The zero-order valence-electron chi connectivity index (χ0n) is 14.9. The molecule has 0 spiro atoms. The van der Waals surface area contributed by atoms with Gasteiger partial charge >= 0.3 is 11.9 Å². The molecule has 1 heterocycles. The van der Waals surface area contributed by atoms with Crippen molar-refractivity contribution in [2.24, 2.45) is 0 Å². The number of carbonyl (C=O) groups is 2. The van der Waals surface area contributed by atoms with Crippen LogP contribution in [0.1, 0.15) is 11.1 Å². The van der Waals surface area contributed by atoms with Crippen LogP contribution in [0.3, 0.4) is 0 Å². The van der Waals surface area contributed by atoms with Crippen LogP contribution in [0.25, 0.3) is 0 Å². The number of nitrogens with zero attached hydrogens (tertiary/aromatic N) is 2. The molecule has 0 amide bonds. The van der Waals surface area contributed by atoms with E-state index in [0.717, 1.165) is 39.3 Å². The van der Waals surface area contributed by atoms with Gasteiger partial charge in [-0.1, -0.05) is 42.5 Å². The number of halogens is 1. The van der Waals surface area contributed by atoms with E-state index in [1.807, 2.05) is 12.1 Å². The van der Waals surface area contributed by atoms with Crippen LogP contribution in [-0.4, -0.2) is 58.1 Å². The summed E-state index contributed by atoms with van der Waals surface area (Å²) in [5.74, 6) is -3.81. The summed E-state index contributed by atoms with van der Waals surface area (Å²) >= 11 is 0. The van der Waals surface area contributed by atoms with Gasteiger partial charge in [-0.3, -0.25) is 9.80 Å². The van der Waals surface area contributed by atoms with E-state index in [0.29, 0.717) is 0 Å². The van der Waals surface area contributed by atoms with Crippen LogP contribution in [0, 0.1) is 5.82 Å². The molecule has 0 aliphatic carbocycles. The lowest BCUT2D eigenvalue weighted by Crippen LogP contribution is -2.45. The first kappa shape index (κ1) is 20.5. The Morgan fingerprint density at radius 1 is 0.741 bits per heavy atom. The third kappa shape index (κ3) is 7.55. The second-order valence-corrected chi connectivity index (χ2v) is 6.27. The fraction of sp³-hybridized carbons (Fsp3) is 0.300. The van der Waals surface area contributed by atoms with E-state index in [1.54, 1.807) is 12.1 Å².